The number of nitrogens with two attached hydrogens (primary N) is 1. The van der Waals surface area contributed by atoms with Crippen molar-refractivity contribution in [3.63, 3.8) is 0 Å². The summed E-state index contributed by atoms with van der Waals surface area (Å²) in [5.41, 5.74) is 7.04. The van der Waals surface area contributed by atoms with Gasteiger partial charge >= 0.3 is 5.97 Å². The number of anilines is 3. The summed E-state index contributed by atoms with van der Waals surface area (Å²) in [6.45, 7) is 0. The van der Waals surface area contributed by atoms with Crippen molar-refractivity contribution in [3.8, 4) is 0 Å². The number of nitrogens with one attached hydrogen (secondary N) is 1. The van der Waals surface area contributed by atoms with Gasteiger partial charge in [0.15, 0.2) is 0 Å². The molecule has 0 aliphatic rings. The monoisotopic (exact) mass is 280 g/mol. The average molecular weight is 281 g/mol. The number of carbonyl (C=O) groups is 1. The Kier molecular flexibility index (Phi) is 3.57. The first-order chi connectivity index (χ1) is 8.97. The SMILES string of the molecule is Nc1ccc(C(=O)O)cc1Nc1ccc(F)cc1Cl. The summed E-state index contributed by atoms with van der Waals surface area (Å²) >= 11 is 5.87. The van der Waals surface area contributed by atoms with E-state index >= 15 is 0 Å². The molecule has 0 saturated heterocycles. The summed E-state index contributed by atoms with van der Waals surface area (Å²) in [6.07, 6.45) is 0. The minimum Gasteiger partial charge on any atom is -0.478 e. The molecule has 0 aliphatic heterocycles. The quantitative estimate of drug-likeness (QED) is 0.752. The first-order valence-corrected chi connectivity index (χ1v) is 5.70. The maximum absolute atomic E-state index is 12.9. The molecule has 0 spiro atoms. The molecule has 0 fully saturated rings. The van der Waals surface area contributed by atoms with E-state index in [-0.39, 0.29) is 10.6 Å². The number of halogens is 2. The zero-order chi connectivity index (χ0) is 14.0. The zero-order valence-electron chi connectivity index (χ0n) is 9.65. The molecular weight excluding hydrogens is 271 g/mol. The summed E-state index contributed by atoms with van der Waals surface area (Å²) in [5, 5.41) is 12.0. The molecule has 0 bridgehead atoms. The summed E-state index contributed by atoms with van der Waals surface area (Å²) in [5.74, 6) is -1.52. The Morgan fingerprint density at radius 3 is 2.58 bits per heavy atom. The van der Waals surface area contributed by atoms with Gasteiger partial charge in [0.05, 0.1) is 27.6 Å². The van der Waals surface area contributed by atoms with E-state index in [0.717, 1.165) is 6.07 Å². The first kappa shape index (κ1) is 13.2. The van der Waals surface area contributed by atoms with Crippen molar-refractivity contribution in [1.29, 1.82) is 0 Å². The van der Waals surface area contributed by atoms with Gasteiger partial charge in [-0.2, -0.15) is 0 Å². The van der Waals surface area contributed by atoms with Crippen LogP contribution < -0.4 is 11.1 Å². The lowest BCUT2D eigenvalue weighted by molar-refractivity contribution is 0.0697. The minimum absolute atomic E-state index is 0.0925. The van der Waals surface area contributed by atoms with Gasteiger partial charge < -0.3 is 16.2 Å². The summed E-state index contributed by atoms with van der Waals surface area (Å²) < 4.78 is 12.9. The molecule has 4 nitrogen and oxygen atoms in total. The van der Waals surface area contributed by atoms with E-state index in [9.17, 15) is 9.18 Å². The predicted molar refractivity (Wildman–Crippen MR) is 72.5 cm³/mol. The Labute approximate surface area is 113 Å². The highest BCUT2D eigenvalue weighted by Gasteiger charge is 2.08. The van der Waals surface area contributed by atoms with Crippen LogP contribution in [0, 0.1) is 5.82 Å². The first-order valence-electron chi connectivity index (χ1n) is 5.32. The number of benzene rings is 2. The molecule has 0 radical (unpaired) electrons. The average Bonchev–Trinajstić information content (AvgIpc) is 2.34. The molecule has 19 heavy (non-hydrogen) atoms. The van der Waals surface area contributed by atoms with Gasteiger partial charge in [-0.3, -0.25) is 0 Å². The second-order valence-electron chi connectivity index (χ2n) is 3.86. The fourth-order valence-corrected chi connectivity index (χ4v) is 1.75. The molecule has 98 valence electrons. The van der Waals surface area contributed by atoms with Crippen LogP contribution in [0.4, 0.5) is 21.5 Å². The van der Waals surface area contributed by atoms with Gasteiger partial charge in [-0.15, -0.1) is 0 Å². The van der Waals surface area contributed by atoms with Crippen molar-refractivity contribution in [2.45, 2.75) is 0 Å². The second kappa shape index (κ2) is 5.16. The summed E-state index contributed by atoms with van der Waals surface area (Å²) in [6, 6.07) is 8.10. The molecule has 0 atom stereocenters. The smallest absolute Gasteiger partial charge is 0.335 e. The Morgan fingerprint density at radius 1 is 1.21 bits per heavy atom. The van der Waals surface area contributed by atoms with Crippen molar-refractivity contribution in [2.24, 2.45) is 0 Å². The Morgan fingerprint density at radius 2 is 1.95 bits per heavy atom. The number of hydrogen-bond acceptors (Lipinski definition) is 3. The lowest BCUT2D eigenvalue weighted by Gasteiger charge is -2.11. The predicted octanol–water partition coefficient (Wildman–Crippen LogP) is 3.50. The molecule has 0 heterocycles. The van der Waals surface area contributed by atoms with Crippen LogP contribution in [0.1, 0.15) is 10.4 Å². The second-order valence-corrected chi connectivity index (χ2v) is 4.26. The number of rotatable bonds is 3. The molecule has 0 unspecified atom stereocenters. The minimum atomic E-state index is -1.06. The van der Waals surface area contributed by atoms with Crippen molar-refractivity contribution < 1.29 is 14.3 Å². The van der Waals surface area contributed by atoms with Crippen LogP contribution in [0.15, 0.2) is 36.4 Å². The molecule has 6 heteroatoms. The number of carboxylic acids is 1. The van der Waals surface area contributed by atoms with E-state index < -0.39 is 11.8 Å². The number of aromatic carboxylic acids is 1. The molecule has 0 saturated carbocycles. The largest absolute Gasteiger partial charge is 0.478 e. The van der Waals surface area contributed by atoms with E-state index in [2.05, 4.69) is 5.32 Å². The van der Waals surface area contributed by atoms with E-state index in [1.807, 2.05) is 0 Å². The maximum Gasteiger partial charge on any atom is 0.335 e. The highest BCUT2D eigenvalue weighted by molar-refractivity contribution is 6.33. The fraction of sp³-hybridized carbons (Fsp3) is 0. The van der Waals surface area contributed by atoms with Gasteiger partial charge in [-0.25, -0.2) is 9.18 Å². The van der Waals surface area contributed by atoms with Crippen molar-refractivity contribution >= 4 is 34.6 Å². The van der Waals surface area contributed by atoms with Crippen LogP contribution in [0.5, 0.6) is 0 Å². The van der Waals surface area contributed by atoms with Gasteiger partial charge in [0, 0.05) is 0 Å². The summed E-state index contributed by atoms with van der Waals surface area (Å²) in [7, 11) is 0. The van der Waals surface area contributed by atoms with Crippen molar-refractivity contribution in [2.75, 3.05) is 11.1 Å². The normalized spacial score (nSPS) is 10.2. The van der Waals surface area contributed by atoms with Crippen LogP contribution in [-0.2, 0) is 0 Å². The molecule has 2 aromatic rings. The highest BCUT2D eigenvalue weighted by atomic mass is 35.5. The molecular formula is C13H10ClFN2O2. The number of carboxylic acid groups (broad SMARTS) is 1. The van der Waals surface area contributed by atoms with Gasteiger partial charge in [0.25, 0.3) is 0 Å². The van der Waals surface area contributed by atoms with Gasteiger partial charge in [-0.1, -0.05) is 11.6 Å². The molecule has 4 N–H and O–H groups in total. The molecule has 0 aromatic heterocycles. The maximum atomic E-state index is 12.9. The lowest BCUT2D eigenvalue weighted by atomic mass is 10.1. The van der Waals surface area contributed by atoms with E-state index in [0.29, 0.717) is 17.1 Å². The van der Waals surface area contributed by atoms with Crippen LogP contribution in [-0.4, -0.2) is 11.1 Å². The molecule has 0 amide bonds. The third-order valence-electron chi connectivity index (χ3n) is 2.50. The Balaban J connectivity index is 2.37. The fourth-order valence-electron chi connectivity index (χ4n) is 1.53. The third kappa shape index (κ3) is 2.95. The number of hydrogen-bond donors (Lipinski definition) is 3. The number of nitrogen functional groups attached to an aromatic ring is 1. The highest BCUT2D eigenvalue weighted by Crippen LogP contribution is 2.29. The standard InChI is InChI=1S/C13H10ClFN2O2/c14-9-6-8(15)2-4-11(9)17-12-5-7(13(18)19)1-3-10(12)16/h1-6,17H,16H2,(H,18,19). The lowest BCUT2D eigenvalue weighted by Crippen LogP contribution is -2.01. The third-order valence-corrected chi connectivity index (χ3v) is 2.81. The summed E-state index contributed by atoms with van der Waals surface area (Å²) in [4.78, 5) is 10.9. The van der Waals surface area contributed by atoms with E-state index in [1.165, 1.54) is 30.3 Å². The van der Waals surface area contributed by atoms with Crippen LogP contribution in [0.2, 0.25) is 5.02 Å². The molecule has 2 rings (SSSR count). The van der Waals surface area contributed by atoms with Crippen LogP contribution in [0.25, 0.3) is 0 Å². The van der Waals surface area contributed by atoms with E-state index in [4.69, 9.17) is 22.4 Å². The molecule has 0 aliphatic carbocycles. The van der Waals surface area contributed by atoms with E-state index in [1.54, 1.807) is 0 Å². The van der Waals surface area contributed by atoms with Crippen molar-refractivity contribution in [3.05, 3.63) is 52.8 Å². The van der Waals surface area contributed by atoms with Gasteiger partial charge in [-0.05, 0) is 36.4 Å². The zero-order valence-corrected chi connectivity index (χ0v) is 10.4. The molecule has 2 aromatic carbocycles. The van der Waals surface area contributed by atoms with Crippen molar-refractivity contribution in [1.82, 2.24) is 0 Å². The Bertz CT molecular complexity index is 647. The van der Waals surface area contributed by atoms with Gasteiger partial charge in [0.2, 0.25) is 0 Å². The van der Waals surface area contributed by atoms with Crippen LogP contribution in [0.3, 0.4) is 0 Å². The topological polar surface area (TPSA) is 75.4 Å². The Hall–Kier alpha value is -2.27. The van der Waals surface area contributed by atoms with Gasteiger partial charge in [0.1, 0.15) is 5.82 Å². The van der Waals surface area contributed by atoms with Crippen LogP contribution >= 0.6 is 11.6 Å².